The number of hydrogen-bond acceptors (Lipinski definition) is 9. The molecule has 6 rings (SSSR count). The SMILES string of the molecule is COc1cc([C@@H]2c3cc4c(cc3[C@H](OC(=O)Cc3ccccc3)[C@H]3COC(=O)[C@@]23Br)OCO4)cc(OC)c1OC. The van der Waals surface area contributed by atoms with E-state index in [-0.39, 0.29) is 19.8 Å². The van der Waals surface area contributed by atoms with E-state index in [1.807, 2.05) is 54.6 Å². The van der Waals surface area contributed by atoms with E-state index in [1.54, 1.807) is 0 Å². The second-order valence-electron chi connectivity index (χ2n) is 9.77. The number of alkyl halides is 1. The number of fused-ring (bicyclic) bond motifs is 3. The van der Waals surface area contributed by atoms with Gasteiger partial charge in [-0.05, 0) is 41.0 Å². The quantitative estimate of drug-likeness (QED) is 0.278. The minimum Gasteiger partial charge on any atom is -0.493 e. The summed E-state index contributed by atoms with van der Waals surface area (Å²) < 4.78 is 38.7. The van der Waals surface area contributed by atoms with Crippen LogP contribution in [-0.4, -0.2) is 51.0 Å². The van der Waals surface area contributed by atoms with Gasteiger partial charge in [-0.1, -0.05) is 46.3 Å². The molecule has 0 N–H and O–H groups in total. The molecule has 2 aliphatic heterocycles. The van der Waals surface area contributed by atoms with E-state index in [0.29, 0.717) is 39.9 Å². The Balaban J connectivity index is 1.51. The highest BCUT2D eigenvalue weighted by Crippen LogP contribution is 2.61. The molecule has 2 heterocycles. The third kappa shape index (κ3) is 4.13. The predicted octanol–water partition coefficient (Wildman–Crippen LogP) is 4.72. The molecule has 0 spiro atoms. The number of hydrogen-bond donors (Lipinski definition) is 0. The lowest BCUT2D eigenvalue weighted by Crippen LogP contribution is -2.48. The Morgan fingerprint density at radius 3 is 2.20 bits per heavy atom. The van der Waals surface area contributed by atoms with E-state index >= 15 is 0 Å². The molecule has 0 unspecified atom stereocenters. The molecule has 208 valence electrons. The van der Waals surface area contributed by atoms with E-state index < -0.39 is 34.2 Å². The average Bonchev–Trinajstić information content (AvgIpc) is 3.55. The van der Waals surface area contributed by atoms with Gasteiger partial charge in [0.15, 0.2) is 23.0 Å². The Morgan fingerprint density at radius 1 is 0.925 bits per heavy atom. The summed E-state index contributed by atoms with van der Waals surface area (Å²) in [4.78, 5) is 26.8. The van der Waals surface area contributed by atoms with E-state index in [0.717, 1.165) is 11.1 Å². The van der Waals surface area contributed by atoms with Crippen LogP contribution in [0.4, 0.5) is 0 Å². The molecule has 0 aromatic heterocycles. The fourth-order valence-corrected chi connectivity index (χ4v) is 6.88. The van der Waals surface area contributed by atoms with E-state index in [9.17, 15) is 9.59 Å². The van der Waals surface area contributed by atoms with E-state index in [1.165, 1.54) is 21.3 Å². The second-order valence-corrected chi connectivity index (χ2v) is 11.1. The minimum atomic E-state index is -1.27. The molecular weight excluding hydrogens is 584 g/mol. The van der Waals surface area contributed by atoms with Gasteiger partial charge < -0.3 is 33.2 Å². The first kappa shape index (κ1) is 26.3. The number of esters is 2. The van der Waals surface area contributed by atoms with Crippen LogP contribution in [-0.2, 0) is 25.5 Å². The number of methoxy groups -OCH3 is 3. The zero-order valence-corrected chi connectivity index (χ0v) is 23.7. The van der Waals surface area contributed by atoms with Crippen LogP contribution in [0.1, 0.15) is 34.3 Å². The van der Waals surface area contributed by atoms with E-state index in [4.69, 9.17) is 33.2 Å². The molecular formula is C30H27BrO9. The van der Waals surface area contributed by atoms with Crippen LogP contribution < -0.4 is 23.7 Å². The van der Waals surface area contributed by atoms with E-state index in [2.05, 4.69) is 15.9 Å². The van der Waals surface area contributed by atoms with Crippen molar-refractivity contribution < 1.29 is 42.7 Å². The lowest BCUT2D eigenvalue weighted by atomic mass is 9.66. The Morgan fingerprint density at radius 2 is 1.57 bits per heavy atom. The Hall–Kier alpha value is -3.92. The fourth-order valence-electron chi connectivity index (χ4n) is 5.88. The van der Waals surface area contributed by atoms with Crippen LogP contribution in [0.5, 0.6) is 28.7 Å². The van der Waals surface area contributed by atoms with Crippen molar-refractivity contribution in [3.63, 3.8) is 0 Å². The number of carbonyl (C=O) groups is 2. The first-order chi connectivity index (χ1) is 19.4. The second kappa shape index (κ2) is 10.2. The predicted molar refractivity (Wildman–Crippen MR) is 146 cm³/mol. The van der Waals surface area contributed by atoms with Crippen molar-refractivity contribution in [1.82, 2.24) is 0 Å². The summed E-state index contributed by atoms with van der Waals surface area (Å²) in [5.41, 5.74) is 2.98. The van der Waals surface area contributed by atoms with Crippen molar-refractivity contribution >= 4 is 27.9 Å². The van der Waals surface area contributed by atoms with Crippen LogP contribution in [0.2, 0.25) is 0 Å². The van der Waals surface area contributed by atoms with Crippen LogP contribution in [0.15, 0.2) is 54.6 Å². The summed E-state index contributed by atoms with van der Waals surface area (Å²) in [5.74, 6) is 0.377. The highest BCUT2D eigenvalue weighted by molar-refractivity contribution is 9.10. The Labute approximate surface area is 239 Å². The monoisotopic (exact) mass is 610 g/mol. The molecule has 1 aliphatic carbocycles. The minimum absolute atomic E-state index is 0.0577. The lowest BCUT2D eigenvalue weighted by molar-refractivity contribution is -0.153. The fraction of sp³-hybridized carbons (Fsp3) is 0.333. The highest BCUT2D eigenvalue weighted by atomic mass is 79.9. The molecule has 4 atom stereocenters. The highest BCUT2D eigenvalue weighted by Gasteiger charge is 2.64. The maximum absolute atomic E-state index is 13.6. The van der Waals surface area contributed by atoms with Gasteiger partial charge in [-0.15, -0.1) is 0 Å². The molecule has 0 radical (unpaired) electrons. The molecule has 0 bridgehead atoms. The third-order valence-corrected chi connectivity index (χ3v) is 9.07. The summed E-state index contributed by atoms with van der Waals surface area (Å²) >= 11 is 3.82. The van der Waals surface area contributed by atoms with Crippen LogP contribution in [0.3, 0.4) is 0 Å². The van der Waals surface area contributed by atoms with Gasteiger partial charge in [-0.2, -0.15) is 0 Å². The summed E-state index contributed by atoms with van der Waals surface area (Å²) in [6.07, 6.45) is -0.700. The first-order valence-corrected chi connectivity index (χ1v) is 13.5. The number of carbonyl (C=O) groups excluding carboxylic acids is 2. The lowest BCUT2D eigenvalue weighted by Gasteiger charge is -2.43. The molecule has 40 heavy (non-hydrogen) atoms. The number of halogens is 1. The van der Waals surface area contributed by atoms with Crippen molar-refractivity contribution in [3.8, 4) is 28.7 Å². The van der Waals surface area contributed by atoms with Crippen molar-refractivity contribution in [2.45, 2.75) is 22.8 Å². The summed E-state index contributed by atoms with van der Waals surface area (Å²) in [7, 11) is 4.60. The Bertz CT molecular complexity index is 1450. The third-order valence-electron chi connectivity index (χ3n) is 7.70. The smallest absolute Gasteiger partial charge is 0.324 e. The average molecular weight is 611 g/mol. The first-order valence-electron chi connectivity index (χ1n) is 12.7. The topological polar surface area (TPSA) is 98.8 Å². The zero-order valence-electron chi connectivity index (χ0n) is 22.1. The molecule has 3 aromatic carbocycles. The van der Waals surface area contributed by atoms with Gasteiger partial charge in [0.1, 0.15) is 17.0 Å². The number of benzene rings is 3. The van der Waals surface area contributed by atoms with Gasteiger partial charge in [0.25, 0.3) is 0 Å². The number of cyclic esters (lactones) is 1. The summed E-state index contributed by atoms with van der Waals surface area (Å²) in [6.45, 7) is 0.124. The maximum Gasteiger partial charge on any atom is 0.324 e. The standard InChI is InChI=1S/C30H27BrO9/c1-34-23-10-17(11-24(35-2)28(23)36-3)26-18-12-21-22(39-15-38-21)13-19(18)27(20-14-37-29(33)30(20,26)31)40-25(32)9-16-7-5-4-6-8-16/h4-8,10-13,20,26-27H,9,14-15H2,1-3H3/t20-,26-,27+,30+/m1/s1. The number of rotatable bonds is 7. The molecule has 1 fully saturated rings. The van der Waals surface area contributed by atoms with Gasteiger partial charge in [0, 0.05) is 11.5 Å². The number of ether oxygens (including phenoxy) is 7. The molecule has 3 aliphatic rings. The zero-order chi connectivity index (χ0) is 28.0. The van der Waals surface area contributed by atoms with Crippen molar-refractivity contribution in [3.05, 3.63) is 76.9 Å². The van der Waals surface area contributed by atoms with Gasteiger partial charge in [-0.3, -0.25) is 9.59 Å². The Kier molecular flexibility index (Phi) is 6.74. The normalized spacial score (nSPS) is 24.0. The molecule has 3 aromatic rings. The largest absolute Gasteiger partial charge is 0.493 e. The van der Waals surface area contributed by atoms with Gasteiger partial charge >= 0.3 is 11.9 Å². The van der Waals surface area contributed by atoms with Crippen molar-refractivity contribution in [2.24, 2.45) is 5.92 Å². The van der Waals surface area contributed by atoms with Crippen LogP contribution in [0, 0.1) is 5.92 Å². The van der Waals surface area contributed by atoms with Crippen molar-refractivity contribution in [1.29, 1.82) is 0 Å². The summed E-state index contributed by atoms with van der Waals surface area (Å²) in [5, 5.41) is 0. The molecule has 0 saturated carbocycles. The molecule has 10 heteroatoms. The van der Waals surface area contributed by atoms with Crippen molar-refractivity contribution in [2.75, 3.05) is 34.7 Å². The van der Waals surface area contributed by atoms with Crippen LogP contribution >= 0.6 is 15.9 Å². The molecule has 0 amide bonds. The van der Waals surface area contributed by atoms with Gasteiger partial charge in [0.05, 0.1) is 33.7 Å². The molecule has 1 saturated heterocycles. The maximum atomic E-state index is 13.6. The van der Waals surface area contributed by atoms with Gasteiger partial charge in [0.2, 0.25) is 12.5 Å². The van der Waals surface area contributed by atoms with Gasteiger partial charge in [-0.25, -0.2) is 0 Å². The molecule has 9 nitrogen and oxygen atoms in total. The van der Waals surface area contributed by atoms with Crippen LogP contribution in [0.25, 0.3) is 0 Å². The summed E-state index contributed by atoms with van der Waals surface area (Å²) in [6, 6.07) is 16.7.